The van der Waals surface area contributed by atoms with Crippen molar-refractivity contribution in [3.63, 3.8) is 0 Å². The Kier molecular flexibility index (Phi) is 11.4. The highest BCUT2D eigenvalue weighted by molar-refractivity contribution is 7.09. The predicted octanol–water partition coefficient (Wildman–Crippen LogP) is 2.05. The first kappa shape index (κ1) is 20.9. The third kappa shape index (κ3) is 6.54. The molecule has 0 fully saturated rings. The minimum atomic E-state index is -0.439. The van der Waals surface area contributed by atoms with Crippen LogP contribution in [0.25, 0.3) is 0 Å². The minimum Gasteiger partial charge on any atom is -0.375 e. The molecule has 0 saturated carbocycles. The van der Waals surface area contributed by atoms with E-state index < -0.39 is 6.04 Å². The van der Waals surface area contributed by atoms with Crippen LogP contribution in [0.3, 0.4) is 0 Å². The SMILES string of the molecule is CC[C@H](N)C(=O)NCc1csc(C(C)OC)n1.Cl.Cl. The van der Waals surface area contributed by atoms with Crippen molar-refractivity contribution in [3.8, 4) is 0 Å². The van der Waals surface area contributed by atoms with E-state index in [-0.39, 0.29) is 36.8 Å². The minimum absolute atomic E-state index is 0. The van der Waals surface area contributed by atoms with E-state index in [4.69, 9.17) is 10.5 Å². The van der Waals surface area contributed by atoms with Gasteiger partial charge in [0.2, 0.25) is 5.91 Å². The molecule has 0 aliphatic carbocycles. The van der Waals surface area contributed by atoms with Crippen LogP contribution >= 0.6 is 36.2 Å². The average Bonchev–Trinajstić information content (AvgIpc) is 2.82. The molecule has 8 heteroatoms. The van der Waals surface area contributed by atoms with Gasteiger partial charge in [0, 0.05) is 12.5 Å². The lowest BCUT2D eigenvalue weighted by atomic mass is 10.2. The van der Waals surface area contributed by atoms with Gasteiger partial charge in [-0.15, -0.1) is 36.2 Å². The molecule has 1 aromatic heterocycles. The van der Waals surface area contributed by atoms with E-state index in [1.165, 1.54) is 11.3 Å². The zero-order chi connectivity index (χ0) is 12.8. The van der Waals surface area contributed by atoms with Crippen molar-refractivity contribution in [1.82, 2.24) is 10.3 Å². The van der Waals surface area contributed by atoms with Gasteiger partial charge in [0.05, 0.1) is 18.3 Å². The predicted molar refractivity (Wildman–Crippen MR) is 82.1 cm³/mol. The molecule has 2 atom stereocenters. The maximum Gasteiger partial charge on any atom is 0.237 e. The number of amides is 1. The molecular weight excluding hydrogens is 309 g/mol. The summed E-state index contributed by atoms with van der Waals surface area (Å²) in [5.74, 6) is -0.137. The second-order valence-corrected chi connectivity index (χ2v) is 4.68. The van der Waals surface area contributed by atoms with Crippen LogP contribution in [0.5, 0.6) is 0 Å². The summed E-state index contributed by atoms with van der Waals surface area (Å²) < 4.78 is 5.17. The molecule has 5 nitrogen and oxygen atoms in total. The Labute approximate surface area is 130 Å². The van der Waals surface area contributed by atoms with Crippen molar-refractivity contribution in [2.24, 2.45) is 5.73 Å². The number of hydrogen-bond acceptors (Lipinski definition) is 5. The van der Waals surface area contributed by atoms with E-state index in [9.17, 15) is 4.79 Å². The van der Waals surface area contributed by atoms with Crippen molar-refractivity contribution in [2.45, 2.75) is 39.0 Å². The van der Waals surface area contributed by atoms with Gasteiger partial charge >= 0.3 is 0 Å². The largest absolute Gasteiger partial charge is 0.375 e. The standard InChI is InChI=1S/C11H19N3O2S.2ClH/c1-4-9(12)10(15)13-5-8-6-17-11(14-8)7(2)16-3;;/h6-7,9H,4-5,12H2,1-3H3,(H,13,15);2*1H/t7?,9-;;/m0../s1. The molecule has 0 saturated heterocycles. The van der Waals surface area contributed by atoms with Crippen molar-refractivity contribution in [3.05, 3.63) is 16.1 Å². The molecule has 1 heterocycles. The van der Waals surface area contributed by atoms with Crippen LogP contribution in [0.4, 0.5) is 0 Å². The summed E-state index contributed by atoms with van der Waals surface area (Å²) in [7, 11) is 1.65. The lowest BCUT2D eigenvalue weighted by Crippen LogP contribution is -2.39. The number of carbonyl (C=O) groups excluding carboxylic acids is 1. The van der Waals surface area contributed by atoms with Crippen molar-refractivity contribution < 1.29 is 9.53 Å². The normalized spacial score (nSPS) is 12.8. The van der Waals surface area contributed by atoms with Crippen LogP contribution in [0.1, 0.15) is 37.1 Å². The molecule has 0 bridgehead atoms. The van der Waals surface area contributed by atoms with Crippen LogP contribution in [-0.2, 0) is 16.1 Å². The van der Waals surface area contributed by atoms with Crippen LogP contribution < -0.4 is 11.1 Å². The van der Waals surface area contributed by atoms with Gasteiger partial charge in [0.1, 0.15) is 11.1 Å². The molecule has 3 N–H and O–H groups in total. The highest BCUT2D eigenvalue weighted by Gasteiger charge is 2.12. The number of methoxy groups -OCH3 is 1. The molecule has 1 unspecified atom stereocenters. The molecule has 0 aromatic carbocycles. The third-order valence-corrected chi connectivity index (χ3v) is 3.55. The van der Waals surface area contributed by atoms with Gasteiger partial charge < -0.3 is 15.8 Å². The lowest BCUT2D eigenvalue weighted by molar-refractivity contribution is -0.122. The molecule has 1 amide bonds. The highest BCUT2D eigenvalue weighted by Crippen LogP contribution is 2.20. The summed E-state index contributed by atoms with van der Waals surface area (Å²) in [4.78, 5) is 15.8. The zero-order valence-corrected chi connectivity index (χ0v) is 13.7. The Hall–Kier alpha value is -0.400. The smallest absolute Gasteiger partial charge is 0.237 e. The van der Waals surface area contributed by atoms with Gasteiger partial charge in [-0.1, -0.05) is 6.92 Å². The molecule has 112 valence electrons. The van der Waals surface area contributed by atoms with E-state index in [0.717, 1.165) is 10.7 Å². The summed E-state index contributed by atoms with van der Waals surface area (Å²) in [6.07, 6.45) is 0.622. The topological polar surface area (TPSA) is 77.2 Å². The Morgan fingerprint density at radius 2 is 2.21 bits per heavy atom. The lowest BCUT2D eigenvalue weighted by Gasteiger charge is -2.08. The Bertz CT molecular complexity index is 377. The first-order valence-corrected chi connectivity index (χ1v) is 6.46. The fourth-order valence-corrected chi connectivity index (χ4v) is 2.04. The molecular formula is C11H21Cl2N3O2S. The highest BCUT2D eigenvalue weighted by atomic mass is 35.5. The van der Waals surface area contributed by atoms with Crippen molar-refractivity contribution in [2.75, 3.05) is 7.11 Å². The summed E-state index contributed by atoms with van der Waals surface area (Å²) in [6.45, 7) is 4.24. The second kappa shape index (κ2) is 10.4. The average molecular weight is 330 g/mol. The van der Waals surface area contributed by atoms with Gasteiger partial charge in [0.25, 0.3) is 0 Å². The maximum absolute atomic E-state index is 11.5. The van der Waals surface area contributed by atoms with Crippen LogP contribution in [0.2, 0.25) is 0 Å². The molecule has 1 rings (SSSR count). The molecule has 0 aliphatic heterocycles. The van der Waals surface area contributed by atoms with E-state index >= 15 is 0 Å². The molecule has 0 aliphatic rings. The van der Waals surface area contributed by atoms with E-state index in [1.54, 1.807) is 7.11 Å². The number of aromatic nitrogens is 1. The van der Waals surface area contributed by atoms with Crippen LogP contribution in [0.15, 0.2) is 5.38 Å². The number of thiazole rings is 1. The Balaban J connectivity index is 0. The van der Waals surface area contributed by atoms with Crippen LogP contribution in [-0.4, -0.2) is 24.0 Å². The number of ether oxygens (including phenoxy) is 1. The van der Waals surface area contributed by atoms with Crippen molar-refractivity contribution >= 4 is 42.1 Å². The van der Waals surface area contributed by atoms with Crippen LogP contribution in [0, 0.1) is 0 Å². The fraction of sp³-hybridized carbons (Fsp3) is 0.636. The monoisotopic (exact) mass is 329 g/mol. The number of hydrogen-bond donors (Lipinski definition) is 2. The number of nitrogens with one attached hydrogen (secondary N) is 1. The number of halogens is 2. The summed E-state index contributed by atoms with van der Waals surface area (Å²) in [5.41, 5.74) is 6.44. The maximum atomic E-state index is 11.5. The quantitative estimate of drug-likeness (QED) is 0.837. The van der Waals surface area contributed by atoms with E-state index in [2.05, 4.69) is 10.3 Å². The number of carbonyl (C=O) groups is 1. The molecule has 19 heavy (non-hydrogen) atoms. The summed E-state index contributed by atoms with van der Waals surface area (Å²) >= 11 is 1.53. The van der Waals surface area contributed by atoms with Gasteiger partial charge in [-0.05, 0) is 13.3 Å². The number of rotatable bonds is 6. The second-order valence-electron chi connectivity index (χ2n) is 3.79. The number of nitrogens with two attached hydrogens (primary N) is 1. The third-order valence-electron chi connectivity index (χ3n) is 2.49. The van der Waals surface area contributed by atoms with Crippen molar-refractivity contribution in [1.29, 1.82) is 0 Å². The zero-order valence-electron chi connectivity index (χ0n) is 11.2. The van der Waals surface area contributed by atoms with Gasteiger partial charge in [-0.25, -0.2) is 4.98 Å². The Morgan fingerprint density at radius 1 is 1.58 bits per heavy atom. The first-order valence-electron chi connectivity index (χ1n) is 5.58. The van der Waals surface area contributed by atoms with Gasteiger partial charge in [0.15, 0.2) is 0 Å². The Morgan fingerprint density at radius 3 is 2.74 bits per heavy atom. The fourth-order valence-electron chi connectivity index (χ4n) is 1.19. The van der Waals surface area contributed by atoms with Gasteiger partial charge in [-0.2, -0.15) is 0 Å². The molecule has 0 spiro atoms. The summed E-state index contributed by atoms with van der Waals surface area (Å²) in [6, 6.07) is -0.439. The number of nitrogens with zero attached hydrogens (tertiary/aromatic N) is 1. The molecule has 0 radical (unpaired) electrons. The first-order chi connectivity index (χ1) is 8.08. The molecule has 1 aromatic rings. The van der Waals surface area contributed by atoms with E-state index in [1.807, 2.05) is 19.2 Å². The summed E-state index contributed by atoms with van der Waals surface area (Å²) in [5, 5.41) is 5.59. The van der Waals surface area contributed by atoms with Gasteiger partial charge in [-0.3, -0.25) is 4.79 Å². The van der Waals surface area contributed by atoms with E-state index in [0.29, 0.717) is 13.0 Å².